The summed E-state index contributed by atoms with van der Waals surface area (Å²) in [4.78, 5) is 12.7. The monoisotopic (exact) mass is 357 g/mol. The van der Waals surface area contributed by atoms with E-state index in [9.17, 15) is 13.2 Å². The predicted octanol–water partition coefficient (Wildman–Crippen LogP) is 3.72. The van der Waals surface area contributed by atoms with E-state index in [4.69, 9.17) is 4.42 Å². The lowest BCUT2D eigenvalue weighted by molar-refractivity contribution is 0.0932. The molecule has 5 nitrogen and oxygen atoms in total. The van der Waals surface area contributed by atoms with Crippen LogP contribution in [0.4, 0.5) is 0 Å². The molecule has 2 aromatic carbocycles. The van der Waals surface area contributed by atoms with E-state index >= 15 is 0 Å². The van der Waals surface area contributed by atoms with Crippen LogP contribution in [0.3, 0.4) is 0 Å². The second-order valence-corrected chi connectivity index (χ2v) is 8.03. The average Bonchev–Trinajstić information content (AvgIpc) is 3.06. The lowest BCUT2D eigenvalue weighted by atomic mass is 10.1. The Balaban J connectivity index is 1.87. The average molecular weight is 357 g/mol. The van der Waals surface area contributed by atoms with E-state index in [2.05, 4.69) is 5.32 Å². The van der Waals surface area contributed by atoms with Gasteiger partial charge >= 0.3 is 0 Å². The van der Waals surface area contributed by atoms with Crippen LogP contribution in [0.5, 0.6) is 0 Å². The van der Waals surface area contributed by atoms with Crippen molar-refractivity contribution >= 4 is 26.7 Å². The molecule has 0 aliphatic rings. The molecule has 1 N–H and O–H groups in total. The Morgan fingerprint density at radius 2 is 1.80 bits per heavy atom. The molecule has 3 rings (SSSR count). The highest BCUT2D eigenvalue weighted by Crippen LogP contribution is 2.24. The van der Waals surface area contributed by atoms with Crippen molar-refractivity contribution in [3.8, 4) is 0 Å². The van der Waals surface area contributed by atoms with Gasteiger partial charge in [0.1, 0.15) is 11.3 Å². The van der Waals surface area contributed by atoms with Crippen molar-refractivity contribution in [2.75, 3.05) is 5.75 Å². The predicted molar refractivity (Wildman–Crippen MR) is 96.3 cm³/mol. The molecule has 0 fully saturated rings. The van der Waals surface area contributed by atoms with E-state index in [-0.39, 0.29) is 16.2 Å². The van der Waals surface area contributed by atoms with Crippen LogP contribution in [0.25, 0.3) is 11.0 Å². The number of hydrogen-bond donors (Lipinski definition) is 1. The quantitative estimate of drug-likeness (QED) is 0.755. The first-order valence-electron chi connectivity index (χ1n) is 8.03. The Morgan fingerprint density at radius 1 is 1.12 bits per heavy atom. The van der Waals surface area contributed by atoms with Crippen molar-refractivity contribution in [2.24, 2.45) is 0 Å². The summed E-state index contributed by atoms with van der Waals surface area (Å²) in [5.41, 5.74) is 0.889. The molecule has 0 aliphatic carbocycles. The fourth-order valence-electron chi connectivity index (χ4n) is 2.64. The van der Waals surface area contributed by atoms with Crippen molar-refractivity contribution in [1.29, 1.82) is 0 Å². The minimum Gasteiger partial charge on any atom is -0.459 e. The summed E-state index contributed by atoms with van der Waals surface area (Å²) in [5.74, 6) is 0.113. The molecule has 3 aromatic rings. The largest absolute Gasteiger partial charge is 0.459 e. The van der Waals surface area contributed by atoms with Gasteiger partial charge in [0.05, 0.1) is 22.3 Å². The minimum atomic E-state index is -3.48. The first kappa shape index (κ1) is 17.2. The zero-order valence-corrected chi connectivity index (χ0v) is 14.8. The fraction of sp³-hybridized carbons (Fsp3) is 0.211. The molecule has 0 radical (unpaired) electrons. The van der Waals surface area contributed by atoms with Gasteiger partial charge in [-0.15, -0.1) is 0 Å². The van der Waals surface area contributed by atoms with E-state index < -0.39 is 21.8 Å². The van der Waals surface area contributed by atoms with Gasteiger partial charge in [0, 0.05) is 5.39 Å². The van der Waals surface area contributed by atoms with Crippen LogP contribution >= 0.6 is 0 Å². The Bertz CT molecular complexity index is 988. The molecule has 130 valence electrons. The summed E-state index contributed by atoms with van der Waals surface area (Å²) in [6.07, 6.45) is 0. The number of hydrogen-bond acceptors (Lipinski definition) is 4. The number of carbonyl (C=O) groups excluding carboxylic acids is 1. The first-order chi connectivity index (χ1) is 11.9. The van der Waals surface area contributed by atoms with Crippen molar-refractivity contribution in [1.82, 2.24) is 5.32 Å². The SMILES string of the molecule is CCS(=O)(=O)c1ccccc1C(=O)NC(C)c1cc2ccccc2o1. The third kappa shape index (κ3) is 3.44. The summed E-state index contributed by atoms with van der Waals surface area (Å²) in [6, 6.07) is 15.3. The zero-order valence-electron chi connectivity index (χ0n) is 14.0. The molecule has 0 bridgehead atoms. The number of sulfone groups is 1. The molecule has 0 spiro atoms. The molecular weight excluding hydrogens is 338 g/mol. The maximum atomic E-state index is 12.6. The maximum absolute atomic E-state index is 12.6. The Morgan fingerprint density at radius 3 is 2.52 bits per heavy atom. The van der Waals surface area contributed by atoms with E-state index in [1.807, 2.05) is 30.3 Å². The van der Waals surface area contributed by atoms with Gasteiger partial charge in [-0.25, -0.2) is 8.42 Å². The van der Waals surface area contributed by atoms with E-state index in [1.54, 1.807) is 26.0 Å². The standard InChI is InChI=1S/C19H19NO4S/c1-3-25(22,23)18-11-7-5-9-15(18)19(21)20-13(2)17-12-14-8-4-6-10-16(14)24-17/h4-13H,3H2,1-2H3,(H,20,21). The van der Waals surface area contributed by atoms with E-state index in [1.165, 1.54) is 12.1 Å². The fourth-order valence-corrected chi connectivity index (χ4v) is 3.73. The molecule has 1 unspecified atom stereocenters. The van der Waals surface area contributed by atoms with Gasteiger partial charge in [-0.1, -0.05) is 37.3 Å². The summed E-state index contributed by atoms with van der Waals surface area (Å²) in [5, 5.41) is 3.76. The van der Waals surface area contributed by atoms with Crippen molar-refractivity contribution in [3.05, 3.63) is 65.9 Å². The van der Waals surface area contributed by atoms with Gasteiger partial charge in [-0.2, -0.15) is 0 Å². The molecule has 1 amide bonds. The second-order valence-electron chi connectivity index (χ2n) is 5.78. The summed E-state index contributed by atoms with van der Waals surface area (Å²) < 4.78 is 30.2. The molecule has 0 saturated heterocycles. The number of fused-ring (bicyclic) bond motifs is 1. The number of benzene rings is 2. The van der Waals surface area contributed by atoms with Gasteiger partial charge in [0.2, 0.25) is 0 Å². The van der Waals surface area contributed by atoms with Crippen LogP contribution in [0.15, 0.2) is 63.9 Å². The first-order valence-corrected chi connectivity index (χ1v) is 9.68. The van der Waals surface area contributed by atoms with Crippen LogP contribution < -0.4 is 5.32 Å². The van der Waals surface area contributed by atoms with E-state index in [0.717, 1.165) is 11.0 Å². The Kier molecular flexibility index (Phi) is 4.63. The summed E-state index contributed by atoms with van der Waals surface area (Å²) in [7, 11) is -3.48. The highest BCUT2D eigenvalue weighted by atomic mass is 32.2. The molecule has 1 heterocycles. The zero-order chi connectivity index (χ0) is 18.0. The third-order valence-corrected chi connectivity index (χ3v) is 5.85. The maximum Gasteiger partial charge on any atom is 0.253 e. The van der Waals surface area contributed by atoms with Crippen LogP contribution in [-0.2, 0) is 9.84 Å². The van der Waals surface area contributed by atoms with Gasteiger partial charge in [-0.05, 0) is 31.2 Å². The highest BCUT2D eigenvalue weighted by Gasteiger charge is 2.22. The van der Waals surface area contributed by atoms with Crippen molar-refractivity contribution in [2.45, 2.75) is 24.8 Å². The lowest BCUT2D eigenvalue weighted by Gasteiger charge is -2.13. The van der Waals surface area contributed by atoms with Crippen LogP contribution in [0, 0.1) is 0 Å². The normalized spacial score (nSPS) is 12.9. The number of carbonyl (C=O) groups is 1. The number of furan rings is 1. The molecule has 6 heteroatoms. The molecule has 0 aliphatic heterocycles. The highest BCUT2D eigenvalue weighted by molar-refractivity contribution is 7.91. The second kappa shape index (κ2) is 6.72. The number of rotatable bonds is 5. The topological polar surface area (TPSA) is 76.4 Å². The molecule has 1 atom stereocenters. The molecular formula is C19H19NO4S. The Labute approximate surface area is 146 Å². The molecule has 1 aromatic heterocycles. The Hall–Kier alpha value is -2.60. The summed E-state index contributed by atoms with van der Waals surface area (Å²) >= 11 is 0. The van der Waals surface area contributed by atoms with Crippen molar-refractivity contribution in [3.63, 3.8) is 0 Å². The van der Waals surface area contributed by atoms with Crippen LogP contribution in [0.2, 0.25) is 0 Å². The number of nitrogens with one attached hydrogen (secondary N) is 1. The lowest BCUT2D eigenvalue weighted by Crippen LogP contribution is -2.28. The number of para-hydroxylation sites is 1. The number of amides is 1. The smallest absolute Gasteiger partial charge is 0.253 e. The van der Waals surface area contributed by atoms with Crippen LogP contribution in [0.1, 0.15) is 36.0 Å². The summed E-state index contributed by atoms with van der Waals surface area (Å²) in [6.45, 7) is 3.35. The van der Waals surface area contributed by atoms with Crippen LogP contribution in [-0.4, -0.2) is 20.1 Å². The van der Waals surface area contributed by atoms with Crippen molar-refractivity contribution < 1.29 is 17.6 Å². The van der Waals surface area contributed by atoms with Gasteiger partial charge in [-0.3, -0.25) is 4.79 Å². The molecule has 0 saturated carbocycles. The van der Waals surface area contributed by atoms with E-state index in [0.29, 0.717) is 5.76 Å². The molecule has 25 heavy (non-hydrogen) atoms. The van der Waals surface area contributed by atoms with Gasteiger partial charge in [0.25, 0.3) is 5.91 Å². The third-order valence-electron chi connectivity index (χ3n) is 4.07. The van der Waals surface area contributed by atoms with Gasteiger partial charge < -0.3 is 9.73 Å². The minimum absolute atomic E-state index is 0.0480. The van der Waals surface area contributed by atoms with Gasteiger partial charge in [0.15, 0.2) is 9.84 Å².